The number of methoxy groups -OCH3 is 1. The second-order valence-electron chi connectivity index (χ2n) is 7.14. The summed E-state index contributed by atoms with van der Waals surface area (Å²) in [6.45, 7) is 0. The summed E-state index contributed by atoms with van der Waals surface area (Å²) in [5.41, 5.74) is 4.16. The van der Waals surface area contributed by atoms with Crippen molar-refractivity contribution in [1.82, 2.24) is 5.32 Å². The first-order valence-electron chi connectivity index (χ1n) is 9.55. The van der Waals surface area contributed by atoms with Crippen molar-refractivity contribution in [3.63, 3.8) is 0 Å². The smallest absolute Gasteiger partial charge is 0.416 e. The van der Waals surface area contributed by atoms with Gasteiger partial charge in [0.05, 0.1) is 12.7 Å². The largest absolute Gasteiger partial charge is 0.497 e. The van der Waals surface area contributed by atoms with E-state index in [4.69, 9.17) is 14.9 Å². The molecule has 2 aromatic carbocycles. The summed E-state index contributed by atoms with van der Waals surface area (Å²) >= 11 is 0. The molecule has 1 aromatic heterocycles. The molecule has 33 heavy (non-hydrogen) atoms. The average Bonchev–Trinajstić information content (AvgIpc) is 2.76. The number of rotatable bonds is 7. The van der Waals surface area contributed by atoms with E-state index in [1.54, 1.807) is 12.1 Å². The minimum atomic E-state index is -4.57. The highest BCUT2D eigenvalue weighted by Crippen LogP contribution is 2.30. The normalized spacial score (nSPS) is 13.4. The summed E-state index contributed by atoms with van der Waals surface area (Å²) in [5.74, 6) is -1.56. The Bertz CT molecular complexity index is 1240. The van der Waals surface area contributed by atoms with Crippen LogP contribution in [0.1, 0.15) is 22.8 Å². The van der Waals surface area contributed by atoms with Crippen LogP contribution in [0.3, 0.4) is 0 Å². The number of aliphatic hydroxyl groups excluding tert-OH is 1. The fourth-order valence-corrected chi connectivity index (χ4v) is 3.21. The lowest BCUT2D eigenvalue weighted by Gasteiger charge is -2.19. The standard InChI is InChI=1S/C22H19F3N2O6/c1-32-14-6-7-15-12(9-18(28)33-17(15)10-14)8-16(20(26)30)27-21(31)19(29)11-2-4-13(5-3-11)22(23,24)25/h2-7,9-10,16,19,29H,8H2,1H3,(H2,26,30)(H,27,31)/t16-,19+/m0/s1. The van der Waals surface area contributed by atoms with E-state index in [0.29, 0.717) is 16.7 Å². The van der Waals surface area contributed by atoms with Crippen LogP contribution < -0.4 is 21.4 Å². The number of hydrogen-bond donors (Lipinski definition) is 3. The molecule has 0 saturated carbocycles. The van der Waals surface area contributed by atoms with Gasteiger partial charge in [0.1, 0.15) is 17.4 Å². The van der Waals surface area contributed by atoms with Gasteiger partial charge in [0.15, 0.2) is 6.10 Å². The van der Waals surface area contributed by atoms with E-state index in [0.717, 1.165) is 30.3 Å². The zero-order valence-corrected chi connectivity index (χ0v) is 17.2. The van der Waals surface area contributed by atoms with Gasteiger partial charge in [0.2, 0.25) is 5.91 Å². The van der Waals surface area contributed by atoms with Gasteiger partial charge in [0, 0.05) is 23.9 Å². The summed E-state index contributed by atoms with van der Waals surface area (Å²) in [6.07, 6.45) is -6.62. The number of primary amides is 1. The van der Waals surface area contributed by atoms with E-state index in [1.807, 2.05) is 0 Å². The molecule has 3 aromatic rings. The minimum absolute atomic E-state index is 0.110. The maximum Gasteiger partial charge on any atom is 0.416 e. The van der Waals surface area contributed by atoms with E-state index in [1.165, 1.54) is 13.2 Å². The second-order valence-corrected chi connectivity index (χ2v) is 7.14. The summed E-state index contributed by atoms with van der Waals surface area (Å²) in [7, 11) is 1.43. The number of alkyl halides is 3. The van der Waals surface area contributed by atoms with Gasteiger partial charge in [0.25, 0.3) is 5.91 Å². The van der Waals surface area contributed by atoms with Crippen LogP contribution in [0.25, 0.3) is 11.0 Å². The molecule has 0 radical (unpaired) electrons. The van der Waals surface area contributed by atoms with Gasteiger partial charge in [-0.15, -0.1) is 0 Å². The first kappa shape index (κ1) is 23.8. The van der Waals surface area contributed by atoms with Crippen LogP contribution in [-0.4, -0.2) is 30.1 Å². The third-order valence-corrected chi connectivity index (χ3v) is 4.92. The van der Waals surface area contributed by atoms with Crippen molar-refractivity contribution in [2.24, 2.45) is 5.73 Å². The number of aliphatic hydroxyl groups is 1. The van der Waals surface area contributed by atoms with Crippen LogP contribution in [0.15, 0.2) is 57.7 Å². The van der Waals surface area contributed by atoms with Gasteiger partial charge in [-0.05, 0) is 35.4 Å². The van der Waals surface area contributed by atoms with Gasteiger partial charge in [-0.3, -0.25) is 9.59 Å². The molecule has 2 atom stereocenters. The number of carbonyl (C=O) groups is 2. The Balaban J connectivity index is 1.82. The number of hydrogen-bond acceptors (Lipinski definition) is 6. The van der Waals surface area contributed by atoms with Gasteiger partial charge in [-0.1, -0.05) is 12.1 Å². The first-order chi connectivity index (χ1) is 15.5. The molecule has 0 unspecified atom stereocenters. The molecule has 3 rings (SSSR count). The van der Waals surface area contributed by atoms with Gasteiger partial charge >= 0.3 is 11.8 Å². The maximum atomic E-state index is 12.7. The molecular formula is C22H19F3N2O6. The SMILES string of the molecule is COc1ccc2c(C[C@H](NC(=O)[C@H](O)c3ccc(C(F)(F)F)cc3)C(N)=O)cc(=O)oc2c1. The fourth-order valence-electron chi connectivity index (χ4n) is 3.21. The number of nitrogens with two attached hydrogens (primary N) is 1. The molecule has 0 saturated heterocycles. The Kier molecular flexibility index (Phi) is 6.73. The highest BCUT2D eigenvalue weighted by atomic mass is 19.4. The molecule has 0 aliphatic rings. The minimum Gasteiger partial charge on any atom is -0.497 e. The Morgan fingerprint density at radius 3 is 2.39 bits per heavy atom. The van der Waals surface area contributed by atoms with Crippen LogP contribution in [0.4, 0.5) is 13.2 Å². The molecule has 0 aliphatic carbocycles. The van der Waals surface area contributed by atoms with Gasteiger partial charge in [-0.25, -0.2) is 4.79 Å². The molecule has 174 valence electrons. The van der Waals surface area contributed by atoms with Gasteiger partial charge < -0.3 is 25.3 Å². The van der Waals surface area contributed by atoms with Crippen molar-refractivity contribution in [2.45, 2.75) is 24.7 Å². The zero-order valence-electron chi connectivity index (χ0n) is 17.2. The number of amides is 2. The molecule has 1 heterocycles. The van der Waals surface area contributed by atoms with Crippen molar-refractivity contribution in [2.75, 3.05) is 7.11 Å². The Morgan fingerprint density at radius 1 is 1.15 bits per heavy atom. The summed E-state index contributed by atoms with van der Waals surface area (Å²) in [6, 6.07) is 7.86. The van der Waals surface area contributed by atoms with Crippen LogP contribution in [0, 0.1) is 0 Å². The third kappa shape index (κ3) is 5.50. The third-order valence-electron chi connectivity index (χ3n) is 4.92. The number of carbonyl (C=O) groups excluding carboxylic acids is 2. The van der Waals surface area contributed by atoms with Crippen LogP contribution in [-0.2, 0) is 22.2 Å². The van der Waals surface area contributed by atoms with Crippen molar-refractivity contribution < 1.29 is 37.0 Å². The topological polar surface area (TPSA) is 132 Å². The van der Waals surface area contributed by atoms with E-state index >= 15 is 0 Å². The number of ether oxygens (including phenoxy) is 1. The second kappa shape index (κ2) is 9.33. The van der Waals surface area contributed by atoms with Crippen molar-refractivity contribution in [1.29, 1.82) is 0 Å². The molecule has 0 spiro atoms. The van der Waals surface area contributed by atoms with Crippen LogP contribution in [0.2, 0.25) is 0 Å². The summed E-state index contributed by atoms with van der Waals surface area (Å²) in [4.78, 5) is 36.3. The predicted molar refractivity (Wildman–Crippen MR) is 110 cm³/mol. The summed E-state index contributed by atoms with van der Waals surface area (Å²) < 4.78 is 48.3. The monoisotopic (exact) mass is 464 g/mol. The highest BCUT2D eigenvalue weighted by molar-refractivity contribution is 5.90. The van der Waals surface area contributed by atoms with Gasteiger partial charge in [-0.2, -0.15) is 13.2 Å². The van der Waals surface area contributed by atoms with E-state index in [-0.39, 0.29) is 17.6 Å². The van der Waals surface area contributed by atoms with E-state index < -0.39 is 41.3 Å². The Morgan fingerprint density at radius 2 is 1.82 bits per heavy atom. The highest BCUT2D eigenvalue weighted by Gasteiger charge is 2.31. The van der Waals surface area contributed by atoms with Crippen molar-refractivity contribution >= 4 is 22.8 Å². The first-order valence-corrected chi connectivity index (χ1v) is 9.55. The number of nitrogens with one attached hydrogen (secondary N) is 1. The molecule has 8 nitrogen and oxygen atoms in total. The van der Waals surface area contributed by atoms with Crippen LogP contribution in [0.5, 0.6) is 5.75 Å². The van der Waals surface area contributed by atoms with E-state index in [9.17, 15) is 32.7 Å². The maximum absolute atomic E-state index is 12.7. The molecule has 4 N–H and O–H groups in total. The molecular weight excluding hydrogens is 445 g/mol. The summed E-state index contributed by atoms with van der Waals surface area (Å²) in [5, 5.41) is 13.0. The Labute approximate surface area is 184 Å². The molecule has 2 amide bonds. The molecule has 0 bridgehead atoms. The lowest BCUT2D eigenvalue weighted by atomic mass is 10.0. The molecule has 11 heteroatoms. The molecule has 0 aliphatic heterocycles. The van der Waals surface area contributed by atoms with Crippen molar-refractivity contribution in [3.8, 4) is 5.75 Å². The number of halogens is 3. The average molecular weight is 464 g/mol. The lowest BCUT2D eigenvalue weighted by molar-refractivity contribution is -0.137. The van der Waals surface area contributed by atoms with Crippen LogP contribution >= 0.6 is 0 Å². The quantitative estimate of drug-likeness (QED) is 0.459. The fraction of sp³-hybridized carbons (Fsp3) is 0.227. The predicted octanol–water partition coefficient (Wildman–Crippen LogP) is 2.07. The molecule has 0 fully saturated rings. The van der Waals surface area contributed by atoms with Crippen molar-refractivity contribution in [3.05, 3.63) is 75.6 Å². The Hall–Kier alpha value is -3.86. The van der Waals surface area contributed by atoms with E-state index in [2.05, 4.69) is 5.32 Å². The zero-order chi connectivity index (χ0) is 24.3. The number of fused-ring (bicyclic) bond motifs is 1. The number of benzene rings is 2. The lowest BCUT2D eigenvalue weighted by Crippen LogP contribution is -2.47.